The number of nitrogen functional groups attached to an aromatic ring is 1. The van der Waals surface area contributed by atoms with Crippen molar-refractivity contribution in [3.05, 3.63) is 71.7 Å². The number of anilines is 3. The van der Waals surface area contributed by atoms with Crippen molar-refractivity contribution >= 4 is 34.6 Å². The summed E-state index contributed by atoms with van der Waals surface area (Å²) >= 11 is 0. The maximum atomic E-state index is 15.1. The molecule has 15 heteroatoms. The van der Waals surface area contributed by atoms with E-state index in [0.29, 0.717) is 54.4 Å². The summed E-state index contributed by atoms with van der Waals surface area (Å²) < 4.78 is 69.6. The van der Waals surface area contributed by atoms with E-state index in [-0.39, 0.29) is 29.9 Å². The van der Waals surface area contributed by atoms with Gasteiger partial charge >= 0.3 is 12.2 Å². The lowest BCUT2D eigenvalue weighted by Gasteiger charge is -2.15. The van der Waals surface area contributed by atoms with Gasteiger partial charge in [-0.1, -0.05) is 6.07 Å². The number of likely N-dealkylation sites (tertiary alicyclic amines) is 1. The van der Waals surface area contributed by atoms with Crippen LogP contribution >= 0.6 is 0 Å². The fourth-order valence-electron chi connectivity index (χ4n) is 4.82. The van der Waals surface area contributed by atoms with Gasteiger partial charge in [0.05, 0.1) is 23.5 Å². The molecule has 1 atom stereocenters. The molecule has 1 aliphatic rings. The fraction of sp³-hybridized carbons (Fsp3) is 0.231. The van der Waals surface area contributed by atoms with Crippen LogP contribution in [0.15, 0.2) is 48.8 Å². The second-order valence-electron chi connectivity index (χ2n) is 9.38. The lowest BCUT2D eigenvalue weighted by molar-refractivity contribution is -0.137. The Kier molecular flexibility index (Phi) is 7.21. The number of carbonyl (C=O) groups is 2. The van der Waals surface area contributed by atoms with E-state index >= 15 is 4.39 Å². The molecule has 1 aliphatic heterocycles. The molecule has 3 amide bonds. The Labute approximate surface area is 229 Å². The van der Waals surface area contributed by atoms with Gasteiger partial charge in [0.25, 0.3) is 0 Å². The molecule has 5 rings (SSSR count). The van der Waals surface area contributed by atoms with Crippen molar-refractivity contribution in [3.63, 3.8) is 0 Å². The number of alkyl halides is 3. The predicted molar refractivity (Wildman–Crippen MR) is 140 cm³/mol. The summed E-state index contributed by atoms with van der Waals surface area (Å²) in [5, 5.41) is 8.44. The van der Waals surface area contributed by atoms with Crippen molar-refractivity contribution < 1.29 is 31.5 Å². The van der Waals surface area contributed by atoms with Crippen LogP contribution in [0.5, 0.6) is 0 Å². The lowest BCUT2D eigenvalue weighted by atomic mass is 10.0. The monoisotopic (exact) mass is 574 g/mol. The topological polar surface area (TPSA) is 144 Å². The quantitative estimate of drug-likeness (QED) is 0.263. The SMILES string of the molecule is NCC(=O)N1CCC(c2cc(-c3ccc(NC(=O)Nc4cc(C(F)(F)F)ccc4F)c(F)c3)c3c(N)ncnn23)C1. The number of carbonyl (C=O) groups excluding carboxylic acids is 2. The molecular formula is C26H23F5N8O2. The second-order valence-corrected chi connectivity index (χ2v) is 9.38. The molecule has 41 heavy (non-hydrogen) atoms. The van der Waals surface area contributed by atoms with Crippen molar-refractivity contribution in [2.75, 3.05) is 36.0 Å². The first-order valence-corrected chi connectivity index (χ1v) is 12.3. The van der Waals surface area contributed by atoms with Gasteiger partial charge in [-0.3, -0.25) is 4.79 Å². The molecule has 2 aromatic heterocycles. The van der Waals surface area contributed by atoms with Crippen LogP contribution < -0.4 is 22.1 Å². The summed E-state index contributed by atoms with van der Waals surface area (Å²) in [6.07, 6.45) is -2.81. The molecule has 0 aliphatic carbocycles. The molecule has 1 unspecified atom stereocenters. The average Bonchev–Trinajstić information content (AvgIpc) is 3.56. The molecule has 1 fully saturated rings. The number of benzene rings is 2. The van der Waals surface area contributed by atoms with Crippen molar-refractivity contribution in [3.8, 4) is 11.1 Å². The fourth-order valence-corrected chi connectivity index (χ4v) is 4.82. The van der Waals surface area contributed by atoms with Gasteiger partial charge in [-0.05, 0) is 48.4 Å². The van der Waals surface area contributed by atoms with E-state index in [4.69, 9.17) is 11.5 Å². The van der Waals surface area contributed by atoms with Crippen molar-refractivity contribution in [1.29, 1.82) is 0 Å². The summed E-state index contributed by atoms with van der Waals surface area (Å²) in [7, 11) is 0. The van der Waals surface area contributed by atoms with Crippen molar-refractivity contribution in [2.45, 2.75) is 18.5 Å². The Hall–Kier alpha value is -4.79. The molecule has 0 radical (unpaired) electrons. The molecule has 3 heterocycles. The molecule has 214 valence electrons. The third-order valence-electron chi connectivity index (χ3n) is 6.81. The zero-order valence-corrected chi connectivity index (χ0v) is 21.2. The maximum absolute atomic E-state index is 15.1. The van der Waals surface area contributed by atoms with Gasteiger partial charge in [0.15, 0.2) is 5.82 Å². The third-order valence-corrected chi connectivity index (χ3v) is 6.81. The van der Waals surface area contributed by atoms with Crippen molar-refractivity contribution in [2.24, 2.45) is 5.73 Å². The van der Waals surface area contributed by atoms with E-state index in [2.05, 4.69) is 15.4 Å². The van der Waals surface area contributed by atoms with Gasteiger partial charge < -0.3 is 27.0 Å². The van der Waals surface area contributed by atoms with E-state index in [1.807, 2.05) is 5.32 Å². The molecule has 0 saturated carbocycles. The number of aromatic nitrogens is 3. The van der Waals surface area contributed by atoms with Crippen LogP contribution in [0.1, 0.15) is 23.6 Å². The second kappa shape index (κ2) is 10.6. The molecule has 10 nitrogen and oxygen atoms in total. The van der Waals surface area contributed by atoms with E-state index in [1.165, 1.54) is 18.5 Å². The molecule has 0 bridgehead atoms. The Balaban J connectivity index is 1.40. The maximum Gasteiger partial charge on any atom is 0.416 e. The average molecular weight is 575 g/mol. The van der Waals surface area contributed by atoms with Crippen LogP contribution in [0, 0.1) is 11.6 Å². The summed E-state index contributed by atoms with van der Waals surface area (Å²) in [5.74, 6) is -2.10. The Morgan fingerprint density at radius 1 is 1.02 bits per heavy atom. The van der Waals surface area contributed by atoms with Crippen LogP contribution in [0.3, 0.4) is 0 Å². The van der Waals surface area contributed by atoms with Crippen LogP contribution in [0.2, 0.25) is 0 Å². The minimum absolute atomic E-state index is 0.0909. The molecule has 0 spiro atoms. The Morgan fingerprint density at radius 3 is 2.49 bits per heavy atom. The summed E-state index contributed by atoms with van der Waals surface area (Å²) in [5.41, 5.74) is 11.5. The Bertz CT molecular complexity index is 1660. The summed E-state index contributed by atoms with van der Waals surface area (Å²) in [6, 6.07) is 6.04. The third kappa shape index (κ3) is 5.48. The van der Waals surface area contributed by atoms with E-state index in [0.717, 1.165) is 11.8 Å². The first kappa shape index (κ1) is 27.8. The van der Waals surface area contributed by atoms with Crippen LogP contribution in [0.4, 0.5) is 43.9 Å². The van der Waals surface area contributed by atoms with Gasteiger partial charge in [0.1, 0.15) is 23.5 Å². The zero-order valence-electron chi connectivity index (χ0n) is 21.2. The number of nitrogens with two attached hydrogens (primary N) is 2. The number of halogens is 5. The Morgan fingerprint density at radius 2 is 1.78 bits per heavy atom. The lowest BCUT2D eigenvalue weighted by Crippen LogP contribution is -2.34. The highest BCUT2D eigenvalue weighted by atomic mass is 19.4. The molecule has 4 aromatic rings. The highest BCUT2D eigenvalue weighted by Gasteiger charge is 2.32. The largest absolute Gasteiger partial charge is 0.416 e. The number of nitrogens with zero attached hydrogens (tertiary/aromatic N) is 4. The number of hydrogen-bond acceptors (Lipinski definition) is 6. The number of nitrogens with one attached hydrogen (secondary N) is 2. The predicted octanol–water partition coefficient (Wildman–Crippen LogP) is 4.19. The number of fused-ring (bicyclic) bond motifs is 1. The van der Waals surface area contributed by atoms with Crippen molar-refractivity contribution in [1.82, 2.24) is 19.5 Å². The number of amides is 3. The molecule has 2 aromatic carbocycles. The van der Waals surface area contributed by atoms with E-state index in [1.54, 1.807) is 15.5 Å². The first-order chi connectivity index (χ1) is 19.5. The standard InChI is InChI=1S/C26H23F5N8O2/c27-17-3-2-15(26(29,30)31)8-20(17)37-25(41)36-19-4-1-13(7-18(19)28)16-9-21(39-23(16)24(33)34-12-35-39)14-5-6-38(11-14)22(40)10-32/h1-4,7-9,12,14H,5-6,10-11,32H2,(H2,33,34,35)(H2,36,37,41). The molecule has 1 saturated heterocycles. The van der Waals surface area contributed by atoms with Crippen LogP contribution in [0.25, 0.3) is 16.6 Å². The first-order valence-electron chi connectivity index (χ1n) is 12.3. The summed E-state index contributed by atoms with van der Waals surface area (Å²) in [4.78, 5) is 30.1. The highest BCUT2D eigenvalue weighted by molar-refractivity contribution is 6.00. The van der Waals surface area contributed by atoms with E-state index < -0.39 is 35.1 Å². The number of urea groups is 1. The normalized spacial score (nSPS) is 15.4. The van der Waals surface area contributed by atoms with Crippen LogP contribution in [-0.2, 0) is 11.0 Å². The number of rotatable bonds is 5. The zero-order chi connectivity index (χ0) is 29.5. The molecule has 6 N–H and O–H groups in total. The smallest absolute Gasteiger partial charge is 0.382 e. The van der Waals surface area contributed by atoms with Gasteiger partial charge in [-0.25, -0.2) is 23.1 Å². The van der Waals surface area contributed by atoms with Crippen LogP contribution in [-0.4, -0.2) is 51.1 Å². The summed E-state index contributed by atoms with van der Waals surface area (Å²) in [6.45, 7) is 0.837. The van der Waals surface area contributed by atoms with Gasteiger partial charge in [-0.15, -0.1) is 0 Å². The van der Waals surface area contributed by atoms with Gasteiger partial charge in [0, 0.05) is 30.3 Å². The highest BCUT2D eigenvalue weighted by Crippen LogP contribution is 2.37. The number of hydrogen-bond donors (Lipinski definition) is 4. The van der Waals surface area contributed by atoms with Gasteiger partial charge in [0.2, 0.25) is 5.91 Å². The van der Waals surface area contributed by atoms with E-state index in [9.17, 15) is 27.2 Å². The minimum atomic E-state index is -4.75. The molecular weight excluding hydrogens is 551 g/mol. The van der Waals surface area contributed by atoms with Gasteiger partial charge in [-0.2, -0.15) is 18.3 Å². The minimum Gasteiger partial charge on any atom is -0.382 e.